The minimum atomic E-state index is -1.25. The van der Waals surface area contributed by atoms with Gasteiger partial charge in [-0.2, -0.15) is 0 Å². The maximum Gasteiger partial charge on any atom is 0.255 e. The molecule has 1 atom stereocenters. The van der Waals surface area contributed by atoms with Crippen molar-refractivity contribution in [2.45, 2.75) is 31.4 Å². The van der Waals surface area contributed by atoms with E-state index in [1.165, 1.54) is 11.1 Å². The number of methoxy groups -OCH3 is 1. The standard InChI is InChI=1S/C18H26N2O3/c1-23-12-11-20-9-4-8-18(22,17(20)21)14-19-10-7-15-5-2-3-6-16(15)13-19/h2-3,5-6,22H,4,7-14H2,1H3. The Hall–Kier alpha value is -1.43. The molecular formula is C18H26N2O3. The van der Waals surface area contributed by atoms with E-state index in [4.69, 9.17) is 4.74 Å². The summed E-state index contributed by atoms with van der Waals surface area (Å²) in [4.78, 5) is 16.6. The summed E-state index contributed by atoms with van der Waals surface area (Å²) in [7, 11) is 1.63. The fourth-order valence-corrected chi connectivity index (χ4v) is 3.69. The molecule has 0 bridgehead atoms. The van der Waals surface area contributed by atoms with Crippen LogP contribution >= 0.6 is 0 Å². The first kappa shape index (κ1) is 16.4. The van der Waals surface area contributed by atoms with E-state index in [1.54, 1.807) is 12.0 Å². The lowest BCUT2D eigenvalue weighted by molar-refractivity contribution is -0.160. The highest BCUT2D eigenvalue weighted by molar-refractivity contribution is 5.86. The summed E-state index contributed by atoms with van der Waals surface area (Å²) in [6.07, 6.45) is 2.37. The van der Waals surface area contributed by atoms with Gasteiger partial charge in [0.15, 0.2) is 5.60 Å². The van der Waals surface area contributed by atoms with Gasteiger partial charge in [-0.3, -0.25) is 9.69 Å². The number of carbonyl (C=O) groups excluding carboxylic acids is 1. The molecule has 1 amide bonds. The molecule has 0 radical (unpaired) electrons. The van der Waals surface area contributed by atoms with E-state index in [0.29, 0.717) is 32.7 Å². The maximum absolute atomic E-state index is 12.7. The Morgan fingerprint density at radius 1 is 1.26 bits per heavy atom. The fourth-order valence-electron chi connectivity index (χ4n) is 3.69. The molecule has 5 nitrogen and oxygen atoms in total. The van der Waals surface area contributed by atoms with Crippen molar-refractivity contribution in [1.29, 1.82) is 0 Å². The summed E-state index contributed by atoms with van der Waals surface area (Å²) >= 11 is 0. The molecule has 126 valence electrons. The predicted molar refractivity (Wildman–Crippen MR) is 88.1 cm³/mol. The molecule has 1 aromatic carbocycles. The van der Waals surface area contributed by atoms with Crippen LogP contribution in [0.25, 0.3) is 0 Å². The molecule has 1 unspecified atom stereocenters. The molecule has 2 aliphatic rings. The number of hydrogen-bond acceptors (Lipinski definition) is 4. The van der Waals surface area contributed by atoms with E-state index in [1.807, 2.05) is 0 Å². The summed E-state index contributed by atoms with van der Waals surface area (Å²) in [6, 6.07) is 8.43. The molecule has 5 heteroatoms. The molecule has 2 aliphatic heterocycles. The minimum Gasteiger partial charge on any atom is -0.383 e. The Bertz CT molecular complexity index is 563. The molecule has 0 aliphatic carbocycles. The Labute approximate surface area is 137 Å². The highest BCUT2D eigenvalue weighted by Crippen LogP contribution is 2.26. The summed E-state index contributed by atoms with van der Waals surface area (Å²) in [5.74, 6) is -0.139. The molecule has 0 aromatic heterocycles. The van der Waals surface area contributed by atoms with Gasteiger partial charge in [0.05, 0.1) is 6.61 Å². The number of carbonyl (C=O) groups is 1. The second-order valence-electron chi connectivity index (χ2n) is 6.65. The first-order chi connectivity index (χ1) is 11.1. The van der Waals surface area contributed by atoms with Crippen LogP contribution < -0.4 is 0 Å². The van der Waals surface area contributed by atoms with Crippen molar-refractivity contribution in [3.05, 3.63) is 35.4 Å². The fraction of sp³-hybridized carbons (Fsp3) is 0.611. The molecule has 0 spiro atoms. The lowest BCUT2D eigenvalue weighted by Crippen LogP contribution is -2.59. The number of nitrogens with zero attached hydrogens (tertiary/aromatic N) is 2. The number of likely N-dealkylation sites (tertiary alicyclic amines) is 1. The number of piperidine rings is 1. The summed E-state index contributed by atoms with van der Waals surface area (Å²) in [5, 5.41) is 10.9. The number of rotatable bonds is 5. The van der Waals surface area contributed by atoms with E-state index in [9.17, 15) is 9.90 Å². The second kappa shape index (κ2) is 6.99. The zero-order valence-corrected chi connectivity index (χ0v) is 13.8. The van der Waals surface area contributed by atoms with E-state index in [-0.39, 0.29) is 5.91 Å². The highest BCUT2D eigenvalue weighted by atomic mass is 16.5. The number of amides is 1. The molecule has 23 heavy (non-hydrogen) atoms. The molecule has 1 N–H and O–H groups in total. The second-order valence-corrected chi connectivity index (χ2v) is 6.65. The van der Waals surface area contributed by atoms with Crippen LogP contribution in [0.2, 0.25) is 0 Å². The van der Waals surface area contributed by atoms with Gasteiger partial charge in [-0.25, -0.2) is 0 Å². The average molecular weight is 318 g/mol. The normalized spacial score (nSPS) is 25.5. The number of hydrogen-bond donors (Lipinski definition) is 1. The summed E-state index contributed by atoms with van der Waals surface area (Å²) < 4.78 is 5.06. The molecule has 1 aromatic rings. The van der Waals surface area contributed by atoms with Gasteiger partial charge >= 0.3 is 0 Å². The van der Waals surface area contributed by atoms with E-state index >= 15 is 0 Å². The predicted octanol–water partition coefficient (Wildman–Crippen LogP) is 1.04. The van der Waals surface area contributed by atoms with Gasteiger partial charge in [0.2, 0.25) is 0 Å². The van der Waals surface area contributed by atoms with Crippen molar-refractivity contribution in [1.82, 2.24) is 9.80 Å². The number of β-amino-alcohol motifs (C(OH)–C–C–N with tert-alkyl or cyclic N) is 1. The first-order valence-electron chi connectivity index (χ1n) is 8.42. The van der Waals surface area contributed by atoms with Crippen LogP contribution in [0.5, 0.6) is 0 Å². The number of aliphatic hydroxyl groups is 1. The molecule has 0 saturated carbocycles. The molecule has 1 saturated heterocycles. The van der Waals surface area contributed by atoms with Crippen molar-refractivity contribution in [3.63, 3.8) is 0 Å². The van der Waals surface area contributed by atoms with Crippen molar-refractivity contribution in [2.24, 2.45) is 0 Å². The van der Waals surface area contributed by atoms with Crippen LogP contribution in [0.4, 0.5) is 0 Å². The van der Waals surface area contributed by atoms with Crippen LogP contribution in [0, 0.1) is 0 Å². The zero-order valence-electron chi connectivity index (χ0n) is 13.8. The topological polar surface area (TPSA) is 53.0 Å². The van der Waals surface area contributed by atoms with Gasteiger partial charge in [-0.1, -0.05) is 24.3 Å². The summed E-state index contributed by atoms with van der Waals surface area (Å²) in [5.41, 5.74) is 1.44. The molecule has 3 rings (SSSR count). The van der Waals surface area contributed by atoms with Gasteiger partial charge in [0, 0.05) is 39.8 Å². The average Bonchev–Trinajstić information content (AvgIpc) is 2.56. The molecule has 1 fully saturated rings. The zero-order chi connectivity index (χ0) is 16.3. The minimum absolute atomic E-state index is 0.139. The van der Waals surface area contributed by atoms with Crippen LogP contribution in [-0.4, -0.2) is 66.3 Å². The lowest BCUT2D eigenvalue weighted by atomic mass is 9.89. The smallest absolute Gasteiger partial charge is 0.255 e. The molecular weight excluding hydrogens is 292 g/mol. The third-order valence-electron chi connectivity index (χ3n) is 4.96. The third-order valence-corrected chi connectivity index (χ3v) is 4.96. The Kier molecular flexibility index (Phi) is 4.99. The maximum atomic E-state index is 12.7. The Balaban J connectivity index is 1.65. The third kappa shape index (κ3) is 3.57. The van der Waals surface area contributed by atoms with Gasteiger partial charge in [0.1, 0.15) is 0 Å². The van der Waals surface area contributed by atoms with E-state index in [2.05, 4.69) is 29.2 Å². The van der Waals surface area contributed by atoms with Gasteiger partial charge in [0.25, 0.3) is 5.91 Å². The quantitative estimate of drug-likeness (QED) is 0.881. The summed E-state index contributed by atoms with van der Waals surface area (Å²) in [6.45, 7) is 3.91. The van der Waals surface area contributed by atoms with Gasteiger partial charge in [-0.05, 0) is 30.4 Å². The molecule has 2 heterocycles. The SMILES string of the molecule is COCCN1CCCC(O)(CN2CCc3ccccc3C2)C1=O. The van der Waals surface area contributed by atoms with Crippen LogP contribution in [0.3, 0.4) is 0 Å². The number of fused-ring (bicyclic) bond motifs is 1. The van der Waals surface area contributed by atoms with Crippen molar-refractivity contribution < 1.29 is 14.6 Å². The van der Waals surface area contributed by atoms with Crippen molar-refractivity contribution in [3.8, 4) is 0 Å². The van der Waals surface area contributed by atoms with Crippen LogP contribution in [0.1, 0.15) is 24.0 Å². The Morgan fingerprint density at radius 2 is 2.04 bits per heavy atom. The van der Waals surface area contributed by atoms with Crippen LogP contribution in [0.15, 0.2) is 24.3 Å². The van der Waals surface area contributed by atoms with E-state index < -0.39 is 5.60 Å². The lowest BCUT2D eigenvalue weighted by Gasteiger charge is -2.41. The van der Waals surface area contributed by atoms with Crippen molar-refractivity contribution >= 4 is 5.91 Å². The van der Waals surface area contributed by atoms with E-state index in [0.717, 1.165) is 25.9 Å². The van der Waals surface area contributed by atoms with Gasteiger partial charge in [-0.15, -0.1) is 0 Å². The number of ether oxygens (including phenoxy) is 1. The number of benzene rings is 1. The largest absolute Gasteiger partial charge is 0.383 e. The highest BCUT2D eigenvalue weighted by Gasteiger charge is 2.43. The van der Waals surface area contributed by atoms with Crippen LogP contribution in [-0.2, 0) is 22.5 Å². The Morgan fingerprint density at radius 3 is 2.83 bits per heavy atom. The monoisotopic (exact) mass is 318 g/mol. The van der Waals surface area contributed by atoms with Gasteiger partial charge < -0.3 is 14.7 Å². The first-order valence-corrected chi connectivity index (χ1v) is 8.42. The van der Waals surface area contributed by atoms with Crippen molar-refractivity contribution in [2.75, 3.05) is 39.9 Å².